The number of hydrogen-bond donors (Lipinski definition) is 0. The Labute approximate surface area is 218 Å². The molecule has 6 heteroatoms. The smallest absolute Gasteiger partial charge is 0.282 e. The standard InChI is InChI=1S/C31H34N4O2/c1-5-37-29-18-22(4)27(19-26(29)21(2)3)30-33-28-11-7-6-10-25(28)31(36)35(30)32-20-23-12-14-24(15-13-23)34-16-8-9-17-34/h6-7,10-15,18-21H,5,8-9,16-17H2,1-4H3. The van der Waals surface area contributed by atoms with Gasteiger partial charge in [0.2, 0.25) is 0 Å². The van der Waals surface area contributed by atoms with E-state index in [1.54, 1.807) is 12.3 Å². The van der Waals surface area contributed by atoms with Gasteiger partial charge in [0, 0.05) is 24.3 Å². The SMILES string of the molecule is CCOc1cc(C)c(-c2nc3ccccc3c(=O)n2N=Cc2ccc(N3CCCC3)cc2)cc1C(C)C. The summed E-state index contributed by atoms with van der Waals surface area (Å²) in [7, 11) is 0. The van der Waals surface area contributed by atoms with Crippen molar-refractivity contribution in [2.75, 3.05) is 24.6 Å². The van der Waals surface area contributed by atoms with Crippen LogP contribution in [-0.4, -0.2) is 35.6 Å². The Bertz CT molecular complexity index is 1500. The molecule has 1 aromatic heterocycles. The normalized spacial score (nSPS) is 13.8. The molecule has 0 spiro atoms. The summed E-state index contributed by atoms with van der Waals surface area (Å²) in [5.41, 5.74) is 5.56. The fraction of sp³-hybridized carbons (Fsp3) is 0.323. The van der Waals surface area contributed by atoms with Gasteiger partial charge in [-0.15, -0.1) is 0 Å². The molecule has 1 aliphatic heterocycles. The predicted molar refractivity (Wildman–Crippen MR) is 152 cm³/mol. The highest BCUT2D eigenvalue weighted by Crippen LogP contribution is 2.34. The lowest BCUT2D eigenvalue weighted by Gasteiger charge is -2.18. The second kappa shape index (κ2) is 10.6. The first-order valence-corrected chi connectivity index (χ1v) is 13.1. The van der Waals surface area contributed by atoms with Gasteiger partial charge in [-0.3, -0.25) is 4.79 Å². The zero-order valence-corrected chi connectivity index (χ0v) is 22.1. The van der Waals surface area contributed by atoms with E-state index in [-0.39, 0.29) is 11.5 Å². The van der Waals surface area contributed by atoms with E-state index < -0.39 is 0 Å². The van der Waals surface area contributed by atoms with Crippen LogP contribution in [-0.2, 0) is 0 Å². The van der Waals surface area contributed by atoms with Gasteiger partial charge in [-0.05, 0) is 85.7 Å². The van der Waals surface area contributed by atoms with Crippen molar-refractivity contribution in [2.24, 2.45) is 5.10 Å². The number of benzene rings is 3. The topological polar surface area (TPSA) is 59.7 Å². The van der Waals surface area contributed by atoms with Gasteiger partial charge in [0.25, 0.3) is 5.56 Å². The van der Waals surface area contributed by atoms with Crippen LogP contribution in [0.15, 0.2) is 70.6 Å². The number of fused-ring (bicyclic) bond motifs is 1. The molecule has 1 fully saturated rings. The Morgan fingerprint density at radius 2 is 1.78 bits per heavy atom. The van der Waals surface area contributed by atoms with Crippen LogP contribution in [0.3, 0.4) is 0 Å². The maximum atomic E-state index is 13.6. The van der Waals surface area contributed by atoms with E-state index in [2.05, 4.69) is 54.2 Å². The van der Waals surface area contributed by atoms with E-state index in [1.807, 2.05) is 38.1 Å². The number of anilines is 1. The molecule has 0 unspecified atom stereocenters. The van der Waals surface area contributed by atoms with Gasteiger partial charge >= 0.3 is 0 Å². The second-order valence-corrected chi connectivity index (χ2v) is 9.89. The van der Waals surface area contributed by atoms with Crippen molar-refractivity contribution < 1.29 is 4.74 Å². The van der Waals surface area contributed by atoms with E-state index in [1.165, 1.54) is 23.2 Å². The van der Waals surface area contributed by atoms with Crippen molar-refractivity contribution in [3.63, 3.8) is 0 Å². The number of rotatable bonds is 7. The van der Waals surface area contributed by atoms with Gasteiger partial charge in [-0.1, -0.05) is 38.1 Å². The van der Waals surface area contributed by atoms with Crippen molar-refractivity contribution in [1.29, 1.82) is 0 Å². The van der Waals surface area contributed by atoms with Crippen molar-refractivity contribution >= 4 is 22.8 Å². The molecule has 0 N–H and O–H groups in total. The Balaban J connectivity index is 1.62. The molecule has 0 atom stereocenters. The molecule has 3 aromatic carbocycles. The van der Waals surface area contributed by atoms with Crippen molar-refractivity contribution in [3.8, 4) is 17.1 Å². The molecule has 0 bridgehead atoms. The molecule has 4 aromatic rings. The lowest BCUT2D eigenvalue weighted by atomic mass is 9.96. The molecule has 0 aliphatic carbocycles. The monoisotopic (exact) mass is 494 g/mol. The minimum Gasteiger partial charge on any atom is -0.494 e. The molecule has 37 heavy (non-hydrogen) atoms. The minimum absolute atomic E-state index is 0.190. The first-order valence-electron chi connectivity index (χ1n) is 13.1. The predicted octanol–water partition coefficient (Wildman–Crippen LogP) is 6.38. The second-order valence-electron chi connectivity index (χ2n) is 9.89. The summed E-state index contributed by atoms with van der Waals surface area (Å²) in [5, 5.41) is 5.22. The lowest BCUT2D eigenvalue weighted by Crippen LogP contribution is -2.21. The average Bonchev–Trinajstić information content (AvgIpc) is 3.44. The van der Waals surface area contributed by atoms with E-state index in [0.29, 0.717) is 23.3 Å². The quantitative estimate of drug-likeness (QED) is 0.280. The first-order chi connectivity index (χ1) is 18.0. The van der Waals surface area contributed by atoms with Gasteiger partial charge in [0.05, 0.1) is 23.7 Å². The Morgan fingerprint density at radius 3 is 2.49 bits per heavy atom. The van der Waals surface area contributed by atoms with Gasteiger partial charge in [0.1, 0.15) is 5.75 Å². The Kier molecular flexibility index (Phi) is 7.08. The van der Waals surface area contributed by atoms with Gasteiger partial charge in [0.15, 0.2) is 5.82 Å². The summed E-state index contributed by atoms with van der Waals surface area (Å²) in [6.07, 6.45) is 4.23. The van der Waals surface area contributed by atoms with Crippen LogP contribution in [0.1, 0.15) is 56.2 Å². The van der Waals surface area contributed by atoms with Crippen LogP contribution in [0.2, 0.25) is 0 Å². The van der Waals surface area contributed by atoms with Crippen LogP contribution in [0, 0.1) is 6.92 Å². The van der Waals surface area contributed by atoms with Crippen LogP contribution in [0.25, 0.3) is 22.3 Å². The maximum Gasteiger partial charge on any atom is 0.282 e. The van der Waals surface area contributed by atoms with Crippen LogP contribution in [0.4, 0.5) is 5.69 Å². The van der Waals surface area contributed by atoms with Crippen LogP contribution >= 0.6 is 0 Å². The number of ether oxygens (including phenoxy) is 1. The number of aryl methyl sites for hydroxylation is 1. The van der Waals surface area contributed by atoms with Crippen molar-refractivity contribution in [2.45, 2.75) is 46.5 Å². The molecular formula is C31H34N4O2. The summed E-state index contributed by atoms with van der Waals surface area (Å²) in [4.78, 5) is 21.0. The third-order valence-electron chi connectivity index (χ3n) is 6.96. The summed E-state index contributed by atoms with van der Waals surface area (Å²) >= 11 is 0. The Hall–Kier alpha value is -3.93. The highest BCUT2D eigenvalue weighted by atomic mass is 16.5. The van der Waals surface area contributed by atoms with Gasteiger partial charge in [-0.2, -0.15) is 9.78 Å². The molecule has 0 amide bonds. The fourth-order valence-corrected chi connectivity index (χ4v) is 4.95. The fourth-order valence-electron chi connectivity index (χ4n) is 4.95. The summed E-state index contributed by atoms with van der Waals surface area (Å²) < 4.78 is 7.36. The minimum atomic E-state index is -0.190. The van der Waals surface area contributed by atoms with Crippen LogP contribution < -0.4 is 15.2 Å². The zero-order chi connectivity index (χ0) is 25.9. The molecule has 0 saturated carbocycles. The average molecular weight is 495 g/mol. The van der Waals surface area contributed by atoms with E-state index >= 15 is 0 Å². The lowest BCUT2D eigenvalue weighted by molar-refractivity contribution is 0.335. The summed E-state index contributed by atoms with van der Waals surface area (Å²) in [5.74, 6) is 1.64. The van der Waals surface area contributed by atoms with Gasteiger partial charge < -0.3 is 9.64 Å². The molecule has 1 aliphatic rings. The van der Waals surface area contributed by atoms with E-state index in [9.17, 15) is 4.79 Å². The van der Waals surface area contributed by atoms with E-state index in [4.69, 9.17) is 9.72 Å². The van der Waals surface area contributed by atoms with Crippen molar-refractivity contribution in [1.82, 2.24) is 9.66 Å². The van der Waals surface area contributed by atoms with E-state index in [0.717, 1.165) is 41.1 Å². The first kappa shape index (κ1) is 24.8. The maximum absolute atomic E-state index is 13.6. The number of aromatic nitrogens is 2. The highest BCUT2D eigenvalue weighted by Gasteiger charge is 2.18. The molecule has 2 heterocycles. The highest BCUT2D eigenvalue weighted by molar-refractivity contribution is 5.83. The zero-order valence-electron chi connectivity index (χ0n) is 22.1. The number of nitrogens with zero attached hydrogens (tertiary/aromatic N) is 4. The third-order valence-corrected chi connectivity index (χ3v) is 6.96. The molecule has 5 rings (SSSR count). The molecule has 190 valence electrons. The number of hydrogen-bond acceptors (Lipinski definition) is 5. The van der Waals surface area contributed by atoms with Gasteiger partial charge in [-0.25, -0.2) is 4.98 Å². The molecule has 1 saturated heterocycles. The van der Waals surface area contributed by atoms with Crippen LogP contribution in [0.5, 0.6) is 5.75 Å². The molecule has 6 nitrogen and oxygen atoms in total. The van der Waals surface area contributed by atoms with Crippen molar-refractivity contribution in [3.05, 3.63) is 87.7 Å². The third kappa shape index (κ3) is 5.01. The summed E-state index contributed by atoms with van der Waals surface area (Å²) in [6, 6.07) is 19.9. The Morgan fingerprint density at radius 1 is 1.05 bits per heavy atom. The molecule has 0 radical (unpaired) electrons. The number of para-hydroxylation sites is 1. The summed E-state index contributed by atoms with van der Waals surface area (Å²) in [6.45, 7) is 11.1. The molecular weight excluding hydrogens is 460 g/mol. The largest absolute Gasteiger partial charge is 0.494 e.